The Hall–Kier alpha value is -0.360. The Labute approximate surface area is 129 Å². The van der Waals surface area contributed by atoms with Crippen LogP contribution in [0.1, 0.15) is 41.8 Å². The summed E-state index contributed by atoms with van der Waals surface area (Å²) in [4.78, 5) is 15.6. The zero-order valence-corrected chi connectivity index (χ0v) is 12.8. The van der Waals surface area contributed by atoms with Crippen molar-refractivity contribution in [2.75, 3.05) is 6.61 Å². The number of aromatic nitrogens is 3. The molecule has 0 aromatic carbocycles. The summed E-state index contributed by atoms with van der Waals surface area (Å²) in [5.41, 5.74) is 0.310. The molecule has 1 aromatic rings. The van der Waals surface area contributed by atoms with Crippen molar-refractivity contribution in [1.82, 2.24) is 15.2 Å². The summed E-state index contributed by atoms with van der Waals surface area (Å²) in [6.07, 6.45) is 0.599. The molecule has 1 aliphatic rings. The summed E-state index contributed by atoms with van der Waals surface area (Å²) in [6.45, 7) is 1.86. The van der Waals surface area contributed by atoms with E-state index in [0.717, 1.165) is 0 Å². The second kappa shape index (κ2) is 5.20. The number of carbonyl (C=O) groups excluding carboxylic acids is 1. The lowest BCUT2D eigenvalue weighted by Crippen LogP contribution is -2.32. The van der Waals surface area contributed by atoms with Crippen molar-refractivity contribution in [3.63, 3.8) is 0 Å². The van der Waals surface area contributed by atoms with Crippen LogP contribution in [0.5, 0.6) is 0 Å². The largest absolute Gasteiger partial charge is 0.460 e. The Morgan fingerprint density at radius 2 is 1.74 bits per heavy atom. The van der Waals surface area contributed by atoms with Gasteiger partial charge in [0.05, 0.1) is 6.61 Å². The second-order valence-electron chi connectivity index (χ2n) is 3.96. The average Bonchev–Trinajstić information content (AvgIpc) is 2.35. The average molecular weight is 345 g/mol. The Kier molecular flexibility index (Phi) is 4.12. The van der Waals surface area contributed by atoms with E-state index in [2.05, 4.69) is 15.2 Å². The summed E-state index contributed by atoms with van der Waals surface area (Å²) in [5.74, 6) is -0.931. The maximum absolute atomic E-state index is 11.6. The van der Waals surface area contributed by atoms with Crippen molar-refractivity contribution in [1.29, 1.82) is 0 Å². The Bertz CT molecular complexity index is 521. The topological polar surface area (TPSA) is 65.0 Å². The molecule has 0 radical (unpaired) electrons. The van der Waals surface area contributed by atoms with E-state index in [0.29, 0.717) is 6.42 Å². The smallest absolute Gasteiger partial charge is 0.378 e. The van der Waals surface area contributed by atoms with Crippen LogP contribution in [0, 0.1) is 0 Å². The van der Waals surface area contributed by atoms with Crippen molar-refractivity contribution in [3.8, 4) is 0 Å². The summed E-state index contributed by atoms with van der Waals surface area (Å²) < 4.78 is 2.21. The highest BCUT2D eigenvalue weighted by Crippen LogP contribution is 2.52. The van der Waals surface area contributed by atoms with Crippen LogP contribution in [0.25, 0.3) is 0 Å². The first-order valence-electron chi connectivity index (χ1n) is 5.46. The highest BCUT2D eigenvalue weighted by atomic mass is 35.5. The van der Waals surface area contributed by atoms with Gasteiger partial charge < -0.3 is 4.74 Å². The van der Waals surface area contributed by atoms with E-state index in [1.165, 1.54) is 0 Å². The number of halogens is 4. The molecule has 0 spiro atoms. The molecule has 2 rings (SSSR count). The third-order valence-corrected chi connectivity index (χ3v) is 4.06. The summed E-state index contributed by atoms with van der Waals surface area (Å²) in [5, 5.41) is 7.47. The monoisotopic (exact) mass is 343 g/mol. The first-order chi connectivity index (χ1) is 8.78. The van der Waals surface area contributed by atoms with Crippen molar-refractivity contribution in [2.24, 2.45) is 0 Å². The molecule has 1 aliphatic carbocycles. The minimum atomic E-state index is -1.31. The third-order valence-electron chi connectivity index (χ3n) is 2.59. The molecular weight excluding hydrogens is 336 g/mol. The Morgan fingerprint density at radius 1 is 1.16 bits per heavy atom. The molecule has 0 saturated heterocycles. The number of hydrogen-bond acceptors (Lipinski definition) is 5. The Morgan fingerprint density at radius 3 is 2.32 bits per heavy atom. The number of hydrogen-bond donors (Lipinski definition) is 0. The maximum Gasteiger partial charge on any atom is 0.378 e. The number of ether oxygens (including phenoxy) is 1. The number of rotatable bonds is 2. The van der Waals surface area contributed by atoms with Gasteiger partial charge in [-0.2, -0.15) is 0 Å². The minimum Gasteiger partial charge on any atom is -0.460 e. The van der Waals surface area contributed by atoms with Crippen LogP contribution < -0.4 is 0 Å². The fraction of sp³-hybridized carbons (Fsp3) is 0.600. The van der Waals surface area contributed by atoms with E-state index in [1.54, 1.807) is 6.92 Å². The van der Waals surface area contributed by atoms with Crippen LogP contribution in [0.3, 0.4) is 0 Å². The molecule has 1 heterocycles. The van der Waals surface area contributed by atoms with Gasteiger partial charge in [0.25, 0.3) is 5.82 Å². The molecule has 0 atom stereocenters. The van der Waals surface area contributed by atoms with Gasteiger partial charge in [-0.3, -0.25) is 0 Å². The summed E-state index contributed by atoms with van der Waals surface area (Å²) in [6, 6.07) is 0. The lowest BCUT2D eigenvalue weighted by molar-refractivity contribution is 0.0509. The van der Waals surface area contributed by atoms with Crippen LogP contribution in [-0.4, -0.2) is 27.8 Å². The van der Waals surface area contributed by atoms with E-state index >= 15 is 0 Å². The molecule has 0 aliphatic heterocycles. The van der Waals surface area contributed by atoms with Crippen LogP contribution in [-0.2, 0) is 13.4 Å². The summed E-state index contributed by atoms with van der Waals surface area (Å²) >= 11 is 24.5. The number of esters is 1. The molecule has 0 bridgehead atoms. The lowest BCUT2D eigenvalue weighted by atomic mass is 9.98. The predicted octanol–water partition coefficient (Wildman–Crippen LogP) is 3.10. The van der Waals surface area contributed by atoms with E-state index in [1.807, 2.05) is 0 Å². The second-order valence-corrected chi connectivity index (χ2v) is 6.93. The molecule has 19 heavy (non-hydrogen) atoms. The molecule has 1 aromatic heterocycles. The summed E-state index contributed by atoms with van der Waals surface area (Å²) in [7, 11) is 0. The Balaban J connectivity index is 2.50. The van der Waals surface area contributed by atoms with Gasteiger partial charge in [0.2, 0.25) is 0 Å². The molecule has 0 fully saturated rings. The third kappa shape index (κ3) is 2.89. The van der Waals surface area contributed by atoms with Gasteiger partial charge in [0.15, 0.2) is 8.67 Å². The zero-order chi connectivity index (χ0) is 14.3. The molecule has 0 unspecified atom stereocenters. The molecule has 0 N–H and O–H groups in total. The van der Waals surface area contributed by atoms with Gasteiger partial charge in [-0.15, -0.1) is 10.2 Å². The van der Waals surface area contributed by atoms with E-state index < -0.39 is 14.6 Å². The minimum absolute atomic E-state index is 0.144. The molecule has 0 saturated carbocycles. The SMILES string of the molecule is CCOC(=O)c1nnc2c(n1)C(Cl)(Cl)CCC2(Cl)Cl. The molecule has 9 heteroatoms. The highest BCUT2D eigenvalue weighted by Gasteiger charge is 2.47. The number of fused-ring (bicyclic) bond motifs is 1. The number of nitrogens with zero attached hydrogens (tertiary/aromatic N) is 3. The van der Waals surface area contributed by atoms with Crippen LogP contribution in [0.15, 0.2) is 0 Å². The van der Waals surface area contributed by atoms with Crippen molar-refractivity contribution >= 4 is 52.4 Å². The van der Waals surface area contributed by atoms with Gasteiger partial charge in [0, 0.05) is 0 Å². The van der Waals surface area contributed by atoms with Crippen LogP contribution in [0.4, 0.5) is 0 Å². The predicted molar refractivity (Wildman–Crippen MR) is 71.8 cm³/mol. The first-order valence-corrected chi connectivity index (χ1v) is 6.97. The molecule has 0 amide bonds. The maximum atomic E-state index is 11.6. The fourth-order valence-electron chi connectivity index (χ4n) is 1.66. The van der Waals surface area contributed by atoms with E-state index in [-0.39, 0.29) is 30.2 Å². The van der Waals surface area contributed by atoms with Gasteiger partial charge in [-0.25, -0.2) is 9.78 Å². The zero-order valence-electron chi connectivity index (χ0n) is 9.79. The van der Waals surface area contributed by atoms with Crippen molar-refractivity contribution < 1.29 is 9.53 Å². The van der Waals surface area contributed by atoms with Gasteiger partial charge in [-0.05, 0) is 19.8 Å². The quantitative estimate of drug-likeness (QED) is 0.609. The fourth-order valence-corrected chi connectivity index (χ4v) is 2.56. The van der Waals surface area contributed by atoms with E-state index in [9.17, 15) is 4.79 Å². The van der Waals surface area contributed by atoms with Crippen molar-refractivity contribution in [3.05, 3.63) is 17.2 Å². The standard InChI is InChI=1S/C10H9Cl4N3O2/c1-2-19-8(18)7-15-5-6(16-17-7)10(13,14)4-3-9(5,11)12/h2-4H2,1H3. The molecule has 5 nitrogen and oxygen atoms in total. The van der Waals surface area contributed by atoms with E-state index in [4.69, 9.17) is 51.1 Å². The van der Waals surface area contributed by atoms with Crippen LogP contribution in [0.2, 0.25) is 0 Å². The first kappa shape index (κ1) is 15.0. The normalized spacial score (nSPS) is 19.6. The number of carbonyl (C=O) groups is 1. The number of alkyl halides is 4. The van der Waals surface area contributed by atoms with Gasteiger partial charge >= 0.3 is 5.97 Å². The van der Waals surface area contributed by atoms with Gasteiger partial charge in [-0.1, -0.05) is 46.4 Å². The molecule has 104 valence electrons. The van der Waals surface area contributed by atoms with Crippen molar-refractivity contribution in [2.45, 2.75) is 28.4 Å². The molecular formula is C10H9Cl4N3O2. The lowest BCUT2D eigenvalue weighted by Gasteiger charge is -2.32. The highest BCUT2D eigenvalue weighted by molar-refractivity contribution is 6.51. The van der Waals surface area contributed by atoms with Gasteiger partial charge in [0.1, 0.15) is 11.4 Å². The van der Waals surface area contributed by atoms with Crippen LogP contribution >= 0.6 is 46.4 Å².